The van der Waals surface area contributed by atoms with Crippen molar-refractivity contribution in [2.24, 2.45) is 0 Å². The average molecular weight is 235 g/mol. The van der Waals surface area contributed by atoms with Crippen molar-refractivity contribution in [3.63, 3.8) is 0 Å². The standard InChI is InChI=1S/C12H11ClN2O/c13-6-8-15-12(16)10-5-7-14-11-4-2-1-3-9(10)11/h1-5,7H,6,8H2,(H,15,16). The zero-order chi connectivity index (χ0) is 11.4. The first kappa shape index (κ1) is 10.9. The van der Waals surface area contributed by atoms with E-state index in [4.69, 9.17) is 11.6 Å². The van der Waals surface area contributed by atoms with Crippen molar-refractivity contribution < 1.29 is 4.79 Å². The van der Waals surface area contributed by atoms with E-state index in [1.807, 2.05) is 24.3 Å². The minimum absolute atomic E-state index is 0.112. The molecule has 0 fully saturated rings. The molecule has 0 aliphatic heterocycles. The number of hydrogen-bond donors (Lipinski definition) is 1. The maximum absolute atomic E-state index is 11.8. The quantitative estimate of drug-likeness (QED) is 0.828. The number of benzene rings is 1. The summed E-state index contributed by atoms with van der Waals surface area (Å²) in [4.78, 5) is 16.0. The minimum atomic E-state index is -0.112. The molecule has 1 aromatic heterocycles. The van der Waals surface area contributed by atoms with Crippen molar-refractivity contribution in [3.05, 3.63) is 42.1 Å². The average Bonchev–Trinajstić information content (AvgIpc) is 2.35. The third kappa shape index (κ3) is 2.14. The molecule has 0 aliphatic rings. The van der Waals surface area contributed by atoms with Crippen LogP contribution >= 0.6 is 11.6 Å². The number of halogens is 1. The second-order valence-corrected chi connectivity index (χ2v) is 3.70. The third-order valence-corrected chi connectivity index (χ3v) is 2.46. The largest absolute Gasteiger partial charge is 0.351 e. The van der Waals surface area contributed by atoms with E-state index in [-0.39, 0.29) is 5.91 Å². The number of nitrogens with zero attached hydrogens (tertiary/aromatic N) is 1. The SMILES string of the molecule is O=C(NCCCl)c1ccnc2ccccc12. The molecule has 2 aromatic rings. The molecule has 0 spiro atoms. The molecule has 0 saturated carbocycles. The van der Waals surface area contributed by atoms with Crippen LogP contribution in [0.4, 0.5) is 0 Å². The molecule has 16 heavy (non-hydrogen) atoms. The molecule has 0 saturated heterocycles. The Morgan fingerprint density at radius 3 is 2.94 bits per heavy atom. The summed E-state index contributed by atoms with van der Waals surface area (Å²) < 4.78 is 0. The lowest BCUT2D eigenvalue weighted by atomic mass is 10.1. The van der Waals surface area contributed by atoms with Crippen molar-refractivity contribution in [2.45, 2.75) is 0 Å². The number of fused-ring (bicyclic) bond motifs is 1. The summed E-state index contributed by atoms with van der Waals surface area (Å²) in [7, 11) is 0. The smallest absolute Gasteiger partial charge is 0.252 e. The van der Waals surface area contributed by atoms with Crippen molar-refractivity contribution in [3.8, 4) is 0 Å². The fraction of sp³-hybridized carbons (Fsp3) is 0.167. The topological polar surface area (TPSA) is 42.0 Å². The highest BCUT2D eigenvalue weighted by Crippen LogP contribution is 2.15. The van der Waals surface area contributed by atoms with E-state index in [1.54, 1.807) is 12.3 Å². The van der Waals surface area contributed by atoms with E-state index in [0.29, 0.717) is 18.0 Å². The Kier molecular flexibility index (Phi) is 3.37. The summed E-state index contributed by atoms with van der Waals surface area (Å²) in [6, 6.07) is 9.27. The molecular weight excluding hydrogens is 224 g/mol. The number of carbonyl (C=O) groups excluding carboxylic acids is 1. The molecule has 1 N–H and O–H groups in total. The summed E-state index contributed by atoms with van der Waals surface area (Å²) >= 11 is 5.52. The Morgan fingerprint density at radius 2 is 2.12 bits per heavy atom. The zero-order valence-corrected chi connectivity index (χ0v) is 9.37. The summed E-state index contributed by atoms with van der Waals surface area (Å²) in [6.45, 7) is 0.469. The van der Waals surface area contributed by atoms with Gasteiger partial charge in [0.05, 0.1) is 11.1 Å². The lowest BCUT2D eigenvalue weighted by Gasteiger charge is -2.05. The molecular formula is C12H11ClN2O. The zero-order valence-electron chi connectivity index (χ0n) is 8.61. The number of rotatable bonds is 3. The normalized spacial score (nSPS) is 10.3. The van der Waals surface area contributed by atoms with E-state index in [0.717, 1.165) is 10.9 Å². The first-order valence-corrected chi connectivity index (χ1v) is 5.54. The Hall–Kier alpha value is -1.61. The first-order chi connectivity index (χ1) is 7.83. The lowest BCUT2D eigenvalue weighted by Crippen LogP contribution is -2.25. The number of pyridine rings is 1. The fourth-order valence-electron chi connectivity index (χ4n) is 1.55. The second-order valence-electron chi connectivity index (χ2n) is 3.32. The van der Waals surface area contributed by atoms with Gasteiger partial charge < -0.3 is 5.32 Å². The Morgan fingerprint density at radius 1 is 1.31 bits per heavy atom. The van der Waals surface area contributed by atoms with Gasteiger partial charge in [0.15, 0.2) is 0 Å². The number of hydrogen-bond acceptors (Lipinski definition) is 2. The van der Waals surface area contributed by atoms with Gasteiger partial charge in [-0.1, -0.05) is 18.2 Å². The third-order valence-electron chi connectivity index (χ3n) is 2.27. The van der Waals surface area contributed by atoms with Crippen LogP contribution in [0.15, 0.2) is 36.5 Å². The number of carbonyl (C=O) groups is 1. The number of aromatic nitrogens is 1. The number of para-hydroxylation sites is 1. The molecule has 1 amide bonds. The van der Waals surface area contributed by atoms with Crippen LogP contribution < -0.4 is 5.32 Å². The summed E-state index contributed by atoms with van der Waals surface area (Å²) in [5.74, 6) is 0.300. The summed E-state index contributed by atoms with van der Waals surface area (Å²) in [6.07, 6.45) is 1.64. The molecule has 0 aliphatic carbocycles. The van der Waals surface area contributed by atoms with Crippen LogP contribution in [0, 0.1) is 0 Å². The van der Waals surface area contributed by atoms with Gasteiger partial charge in [-0.3, -0.25) is 9.78 Å². The molecule has 82 valence electrons. The van der Waals surface area contributed by atoms with Crippen molar-refractivity contribution >= 4 is 28.4 Å². The van der Waals surface area contributed by atoms with Gasteiger partial charge in [-0.15, -0.1) is 11.6 Å². The molecule has 0 bridgehead atoms. The van der Waals surface area contributed by atoms with E-state index in [2.05, 4.69) is 10.3 Å². The molecule has 3 nitrogen and oxygen atoms in total. The van der Waals surface area contributed by atoms with Crippen molar-refractivity contribution in [1.29, 1.82) is 0 Å². The molecule has 1 heterocycles. The van der Waals surface area contributed by atoms with Crippen LogP contribution in [0.1, 0.15) is 10.4 Å². The van der Waals surface area contributed by atoms with Crippen LogP contribution in [-0.2, 0) is 0 Å². The molecule has 4 heteroatoms. The van der Waals surface area contributed by atoms with E-state index < -0.39 is 0 Å². The van der Waals surface area contributed by atoms with Crippen molar-refractivity contribution in [1.82, 2.24) is 10.3 Å². The van der Waals surface area contributed by atoms with Gasteiger partial charge in [-0.25, -0.2) is 0 Å². The fourth-order valence-corrected chi connectivity index (χ4v) is 1.64. The highest BCUT2D eigenvalue weighted by molar-refractivity contribution is 6.18. The van der Waals surface area contributed by atoms with Crippen LogP contribution in [-0.4, -0.2) is 23.3 Å². The van der Waals surface area contributed by atoms with Gasteiger partial charge in [-0.05, 0) is 12.1 Å². The Labute approximate surface area is 98.4 Å². The Bertz CT molecular complexity index is 508. The highest BCUT2D eigenvalue weighted by atomic mass is 35.5. The van der Waals surface area contributed by atoms with E-state index >= 15 is 0 Å². The minimum Gasteiger partial charge on any atom is -0.351 e. The first-order valence-electron chi connectivity index (χ1n) is 5.01. The van der Waals surface area contributed by atoms with Crippen LogP contribution in [0.2, 0.25) is 0 Å². The highest BCUT2D eigenvalue weighted by Gasteiger charge is 2.08. The predicted octanol–water partition coefficient (Wildman–Crippen LogP) is 2.20. The molecule has 1 aromatic carbocycles. The van der Waals surface area contributed by atoms with Crippen LogP contribution in [0.25, 0.3) is 10.9 Å². The van der Waals surface area contributed by atoms with Gasteiger partial charge in [0.1, 0.15) is 0 Å². The van der Waals surface area contributed by atoms with Gasteiger partial charge >= 0.3 is 0 Å². The number of amides is 1. The number of nitrogens with one attached hydrogen (secondary N) is 1. The maximum Gasteiger partial charge on any atom is 0.252 e. The van der Waals surface area contributed by atoms with Crippen molar-refractivity contribution in [2.75, 3.05) is 12.4 Å². The predicted molar refractivity (Wildman–Crippen MR) is 64.8 cm³/mol. The van der Waals surface area contributed by atoms with E-state index in [1.165, 1.54) is 0 Å². The monoisotopic (exact) mass is 234 g/mol. The summed E-state index contributed by atoms with van der Waals surface area (Å²) in [5.41, 5.74) is 1.46. The molecule has 0 atom stereocenters. The Balaban J connectivity index is 2.40. The van der Waals surface area contributed by atoms with Crippen LogP contribution in [0.3, 0.4) is 0 Å². The molecule has 0 radical (unpaired) electrons. The lowest BCUT2D eigenvalue weighted by molar-refractivity contribution is 0.0957. The molecule has 0 unspecified atom stereocenters. The van der Waals surface area contributed by atoms with Gasteiger partial charge in [0.2, 0.25) is 0 Å². The van der Waals surface area contributed by atoms with E-state index in [9.17, 15) is 4.79 Å². The maximum atomic E-state index is 11.8. The van der Waals surface area contributed by atoms with Gasteiger partial charge in [-0.2, -0.15) is 0 Å². The summed E-state index contributed by atoms with van der Waals surface area (Å²) in [5, 5.41) is 3.60. The van der Waals surface area contributed by atoms with Gasteiger partial charge in [0.25, 0.3) is 5.91 Å². The van der Waals surface area contributed by atoms with Crippen LogP contribution in [0.5, 0.6) is 0 Å². The second kappa shape index (κ2) is 4.94. The van der Waals surface area contributed by atoms with Gasteiger partial charge in [0, 0.05) is 24.0 Å². The number of alkyl halides is 1. The molecule has 2 rings (SSSR count).